The first-order valence-electron chi connectivity index (χ1n) is 24.5. The summed E-state index contributed by atoms with van der Waals surface area (Å²) in [5.41, 5.74) is 1.53. The van der Waals surface area contributed by atoms with Gasteiger partial charge >= 0.3 is 0 Å². The lowest BCUT2D eigenvalue weighted by atomic mass is 10.0. The number of hydrogen-bond donors (Lipinski definition) is 5. The summed E-state index contributed by atoms with van der Waals surface area (Å²) in [5.74, 6) is -2.73. The number of carbonyl (C=O) groups is 6. The van der Waals surface area contributed by atoms with E-state index in [0.717, 1.165) is 42.1 Å². The average molecular weight is 951 g/mol. The number of thiocarbonyl (C=S) groups is 1. The molecule has 16 nitrogen and oxygen atoms in total. The summed E-state index contributed by atoms with van der Waals surface area (Å²) >= 11 is 5.56. The molecule has 1 fully saturated rings. The maximum atomic E-state index is 13.2. The summed E-state index contributed by atoms with van der Waals surface area (Å²) in [6, 6.07) is 12.4. The third kappa shape index (κ3) is 20.9. The molecule has 2 aromatic carbocycles. The number of nitrogens with zero attached hydrogens (tertiary/aromatic N) is 1. The minimum Gasteiger partial charge on any atom is -0.382 e. The molecular formula is C50H74N6O10S. The summed E-state index contributed by atoms with van der Waals surface area (Å²) in [6.45, 7) is 5.87. The molecule has 2 aliphatic heterocycles. The molecule has 1 unspecified atom stereocenters. The lowest BCUT2D eigenvalue weighted by Gasteiger charge is -2.27. The molecule has 0 saturated carbocycles. The fourth-order valence-electron chi connectivity index (χ4n) is 7.87. The van der Waals surface area contributed by atoms with Crippen molar-refractivity contribution in [2.75, 3.05) is 76.6 Å². The number of imide groups is 2. The fourth-order valence-corrected chi connectivity index (χ4v) is 8.12. The number of carbonyl (C=O) groups excluding carboxylic acids is 6. The third-order valence-corrected chi connectivity index (χ3v) is 11.9. The number of nitrogens with one attached hydrogen (secondary N) is 5. The first-order valence-corrected chi connectivity index (χ1v) is 24.9. The van der Waals surface area contributed by atoms with Gasteiger partial charge in [-0.25, -0.2) is 0 Å². The van der Waals surface area contributed by atoms with Gasteiger partial charge in [0.05, 0.1) is 69.0 Å². The number of fused-ring (bicyclic) bond motifs is 1. The third-order valence-electron chi connectivity index (χ3n) is 11.6. The van der Waals surface area contributed by atoms with E-state index in [0.29, 0.717) is 70.6 Å². The van der Waals surface area contributed by atoms with Gasteiger partial charge in [0.25, 0.3) is 11.8 Å². The number of amides is 6. The molecule has 0 radical (unpaired) electrons. The maximum absolute atomic E-state index is 13.2. The van der Waals surface area contributed by atoms with Crippen molar-refractivity contribution in [3.63, 3.8) is 0 Å². The summed E-state index contributed by atoms with van der Waals surface area (Å²) in [4.78, 5) is 78.1. The number of ether oxygens (including phenoxy) is 4. The first-order chi connectivity index (χ1) is 32.7. The summed E-state index contributed by atoms with van der Waals surface area (Å²) in [5, 5.41) is 14.5. The van der Waals surface area contributed by atoms with Gasteiger partial charge in [0, 0.05) is 37.3 Å². The van der Waals surface area contributed by atoms with Crippen LogP contribution in [-0.4, -0.2) is 123 Å². The molecule has 0 aliphatic carbocycles. The fraction of sp³-hybridized carbons (Fsp3) is 0.620. The highest BCUT2D eigenvalue weighted by Gasteiger charge is 2.45. The van der Waals surface area contributed by atoms with Crippen molar-refractivity contribution in [3.05, 3.63) is 59.7 Å². The molecule has 2 heterocycles. The number of unbranched alkanes of at least 4 members (excludes halogenated alkanes) is 11. The Labute approximate surface area is 402 Å². The van der Waals surface area contributed by atoms with Crippen molar-refractivity contribution in [1.82, 2.24) is 20.9 Å². The van der Waals surface area contributed by atoms with E-state index in [1.54, 1.807) is 18.2 Å². The number of anilines is 2. The van der Waals surface area contributed by atoms with Gasteiger partial charge in [-0.3, -0.25) is 39.0 Å². The van der Waals surface area contributed by atoms with Crippen molar-refractivity contribution in [3.8, 4) is 0 Å². The lowest BCUT2D eigenvalue weighted by Crippen LogP contribution is -2.54. The number of hydrogen-bond acceptors (Lipinski definition) is 12. The van der Waals surface area contributed by atoms with Crippen molar-refractivity contribution >= 4 is 64.0 Å². The maximum Gasteiger partial charge on any atom is 0.264 e. The average Bonchev–Trinajstić information content (AvgIpc) is 3.57. The quantitative estimate of drug-likeness (QED) is 0.0267. The molecule has 67 heavy (non-hydrogen) atoms. The molecule has 2 aliphatic rings. The largest absolute Gasteiger partial charge is 0.382 e. The lowest BCUT2D eigenvalue weighted by molar-refractivity contribution is -0.136. The molecule has 17 heteroatoms. The Balaban J connectivity index is 0.986. The van der Waals surface area contributed by atoms with Crippen molar-refractivity contribution < 1.29 is 47.7 Å². The van der Waals surface area contributed by atoms with Crippen LogP contribution in [0, 0.1) is 0 Å². The zero-order valence-corrected chi connectivity index (χ0v) is 40.3. The summed E-state index contributed by atoms with van der Waals surface area (Å²) in [7, 11) is 0. The van der Waals surface area contributed by atoms with Crippen LogP contribution in [0.2, 0.25) is 0 Å². The van der Waals surface area contributed by atoms with Gasteiger partial charge in [0.15, 0.2) is 0 Å². The van der Waals surface area contributed by atoms with Crippen LogP contribution in [0.25, 0.3) is 0 Å². The highest BCUT2D eigenvalue weighted by molar-refractivity contribution is 7.80. The standard InChI is InChI=1S/C50H74N6O10S/c1-2-3-4-5-6-7-8-9-10-11-15-24-45(67)52-28-17-16-22-41(47(59)53-38-19-13-12-14-20-38)54-44(58)27-30-63-32-34-65-36-37-66-35-33-64-31-29-51-40-23-18-21-39-46(40)50(62)56(49(39)61)42-25-26-43(57)55-48(42)60/h12-14,18-21,23,41-42,51H,2-11,15-17,22,24-37H2,1H3,(H,52,67)(H,53,59)(H,54,58)(H,55,57,60)/t41-,42?/m0/s1. The molecule has 0 spiro atoms. The Morgan fingerprint density at radius 1 is 0.701 bits per heavy atom. The first kappa shape index (κ1) is 54.8. The molecule has 0 aromatic heterocycles. The van der Waals surface area contributed by atoms with Gasteiger partial charge in [-0.2, -0.15) is 0 Å². The van der Waals surface area contributed by atoms with E-state index in [1.165, 1.54) is 64.2 Å². The predicted molar refractivity (Wildman–Crippen MR) is 262 cm³/mol. The number of benzene rings is 2. The van der Waals surface area contributed by atoms with Crippen LogP contribution < -0.4 is 26.6 Å². The Bertz CT molecular complexity index is 1850. The molecule has 2 aromatic rings. The van der Waals surface area contributed by atoms with E-state index in [2.05, 4.69) is 33.5 Å². The zero-order chi connectivity index (χ0) is 47.9. The number of rotatable bonds is 37. The van der Waals surface area contributed by atoms with Crippen LogP contribution in [0.5, 0.6) is 0 Å². The van der Waals surface area contributed by atoms with Crippen LogP contribution in [0.1, 0.15) is 143 Å². The van der Waals surface area contributed by atoms with Gasteiger partial charge in [-0.15, -0.1) is 0 Å². The normalized spacial score (nSPS) is 15.0. The minimum absolute atomic E-state index is 0.0541. The van der Waals surface area contributed by atoms with Gasteiger partial charge in [-0.05, 0) is 62.8 Å². The van der Waals surface area contributed by atoms with E-state index in [4.69, 9.17) is 31.2 Å². The molecule has 6 amide bonds. The van der Waals surface area contributed by atoms with Crippen molar-refractivity contribution in [2.45, 2.75) is 135 Å². The van der Waals surface area contributed by atoms with E-state index in [-0.39, 0.29) is 48.8 Å². The molecule has 2 atom stereocenters. The van der Waals surface area contributed by atoms with Crippen LogP contribution in [0.3, 0.4) is 0 Å². The molecule has 5 N–H and O–H groups in total. The highest BCUT2D eigenvalue weighted by Crippen LogP contribution is 2.32. The Hall–Kier alpha value is -4.81. The van der Waals surface area contributed by atoms with E-state index >= 15 is 0 Å². The van der Waals surface area contributed by atoms with E-state index < -0.39 is 35.7 Å². The van der Waals surface area contributed by atoms with Gasteiger partial charge < -0.3 is 40.2 Å². The molecule has 0 bridgehead atoms. The van der Waals surface area contributed by atoms with E-state index in [1.807, 2.05) is 30.3 Å². The van der Waals surface area contributed by atoms with Crippen LogP contribution in [0.4, 0.5) is 11.4 Å². The molecule has 370 valence electrons. The summed E-state index contributed by atoms with van der Waals surface area (Å²) < 4.78 is 22.4. The van der Waals surface area contributed by atoms with E-state index in [9.17, 15) is 28.8 Å². The topological polar surface area (TPSA) is 203 Å². The summed E-state index contributed by atoms with van der Waals surface area (Å²) in [6.07, 6.45) is 17.6. The number of para-hydroxylation sites is 1. The Morgan fingerprint density at radius 3 is 1.99 bits per heavy atom. The van der Waals surface area contributed by atoms with Gasteiger partial charge in [-0.1, -0.05) is 108 Å². The predicted octanol–water partition coefficient (Wildman–Crippen LogP) is 6.87. The molecular weight excluding hydrogens is 877 g/mol. The van der Waals surface area contributed by atoms with Crippen LogP contribution in [-0.2, 0) is 38.1 Å². The molecule has 4 rings (SSSR count). The smallest absolute Gasteiger partial charge is 0.264 e. The SMILES string of the molecule is CCCCCCCCCCCCCC(=S)NCCCC[C@H](NC(=O)CCOCCOCCOCCOCCNc1cccc2c1C(=O)N(C1CCC(=O)NC1=O)C2=O)C(=O)Nc1ccccc1. The second kappa shape index (κ2) is 32.8. The number of piperidine rings is 1. The van der Waals surface area contributed by atoms with Crippen molar-refractivity contribution in [1.29, 1.82) is 0 Å². The Morgan fingerprint density at radius 2 is 1.33 bits per heavy atom. The van der Waals surface area contributed by atoms with Crippen molar-refractivity contribution in [2.24, 2.45) is 0 Å². The Kier molecular flexibility index (Phi) is 26.8. The van der Waals surface area contributed by atoms with Gasteiger partial charge in [0.1, 0.15) is 12.1 Å². The second-order valence-electron chi connectivity index (χ2n) is 16.9. The minimum atomic E-state index is -1.03. The second-order valence-corrected chi connectivity index (χ2v) is 17.4. The monoisotopic (exact) mass is 951 g/mol. The zero-order valence-electron chi connectivity index (χ0n) is 39.5. The molecule has 1 saturated heterocycles. The highest BCUT2D eigenvalue weighted by atomic mass is 32.1. The van der Waals surface area contributed by atoms with Gasteiger partial charge in [0.2, 0.25) is 23.6 Å². The van der Waals surface area contributed by atoms with Crippen LogP contribution >= 0.6 is 12.2 Å². The van der Waals surface area contributed by atoms with Crippen LogP contribution in [0.15, 0.2) is 48.5 Å².